The molecule has 0 spiro atoms. The molecule has 0 aromatic heterocycles. The molecule has 1 unspecified atom stereocenters. The Morgan fingerprint density at radius 1 is 1.26 bits per heavy atom. The molecule has 7 heteroatoms. The van der Waals surface area contributed by atoms with Gasteiger partial charge in [-0.3, -0.25) is 10.1 Å². The van der Waals surface area contributed by atoms with E-state index in [1.165, 1.54) is 11.8 Å². The molecule has 2 aliphatic rings. The summed E-state index contributed by atoms with van der Waals surface area (Å²) in [6.45, 7) is 1.30. The highest BCUT2D eigenvalue weighted by molar-refractivity contribution is 6.31. The zero-order valence-electron chi connectivity index (χ0n) is 14.7. The van der Waals surface area contributed by atoms with Crippen LogP contribution in [0.1, 0.15) is 5.56 Å². The maximum Gasteiger partial charge on any atom is 0.274 e. The lowest BCUT2D eigenvalue weighted by atomic mass is 10.1. The van der Waals surface area contributed by atoms with Crippen LogP contribution in [0.2, 0.25) is 5.02 Å². The van der Waals surface area contributed by atoms with Crippen molar-refractivity contribution in [3.8, 4) is 0 Å². The fraction of sp³-hybridized carbons (Fsp3) is 0.200. The van der Waals surface area contributed by atoms with Gasteiger partial charge in [0.15, 0.2) is 6.29 Å². The number of nitrogens with one attached hydrogen (secondary N) is 3. The van der Waals surface area contributed by atoms with Crippen LogP contribution in [-0.4, -0.2) is 41.4 Å². The fourth-order valence-electron chi connectivity index (χ4n) is 3.45. The van der Waals surface area contributed by atoms with Gasteiger partial charge in [-0.2, -0.15) is 0 Å². The molecule has 2 aromatic rings. The normalized spacial score (nSPS) is 18.2. The Hall–Kier alpha value is -2.83. The quantitative estimate of drug-likeness (QED) is 0.673. The summed E-state index contributed by atoms with van der Waals surface area (Å²) in [6.07, 6.45) is 1.99. The summed E-state index contributed by atoms with van der Waals surface area (Å²) in [5, 5.41) is 14.6. The number of nitrogens with zero attached hydrogens (tertiary/aromatic N) is 2. The van der Waals surface area contributed by atoms with E-state index in [-0.39, 0.29) is 12.2 Å². The van der Waals surface area contributed by atoms with Gasteiger partial charge in [0.2, 0.25) is 0 Å². The minimum atomic E-state index is -0.236. The number of benzene rings is 2. The van der Waals surface area contributed by atoms with Gasteiger partial charge < -0.3 is 20.5 Å². The maximum absolute atomic E-state index is 13.0. The van der Waals surface area contributed by atoms with Crippen LogP contribution in [0.5, 0.6) is 0 Å². The first-order valence-electron chi connectivity index (χ1n) is 8.79. The summed E-state index contributed by atoms with van der Waals surface area (Å²) in [7, 11) is 0. The van der Waals surface area contributed by atoms with Crippen molar-refractivity contribution in [2.24, 2.45) is 0 Å². The summed E-state index contributed by atoms with van der Waals surface area (Å²) in [6, 6.07) is 17.2. The number of anilines is 1. The summed E-state index contributed by atoms with van der Waals surface area (Å²) < 4.78 is 0. The fourth-order valence-corrected chi connectivity index (χ4v) is 3.64. The van der Waals surface area contributed by atoms with Crippen LogP contribution in [0.25, 0.3) is 0 Å². The van der Waals surface area contributed by atoms with Gasteiger partial charge in [0.1, 0.15) is 5.70 Å². The van der Waals surface area contributed by atoms with E-state index < -0.39 is 0 Å². The molecule has 2 aromatic carbocycles. The van der Waals surface area contributed by atoms with Crippen molar-refractivity contribution >= 4 is 29.4 Å². The molecule has 1 fully saturated rings. The van der Waals surface area contributed by atoms with Crippen LogP contribution in [-0.2, 0) is 11.2 Å². The zero-order valence-corrected chi connectivity index (χ0v) is 15.4. The first-order valence-corrected chi connectivity index (χ1v) is 9.17. The lowest BCUT2D eigenvalue weighted by Gasteiger charge is -2.43. The minimum absolute atomic E-state index is 0.0783. The van der Waals surface area contributed by atoms with Crippen LogP contribution in [0.3, 0.4) is 0 Å². The van der Waals surface area contributed by atoms with E-state index in [1.54, 1.807) is 24.3 Å². The van der Waals surface area contributed by atoms with Gasteiger partial charge >= 0.3 is 0 Å². The Morgan fingerprint density at radius 2 is 2.07 bits per heavy atom. The van der Waals surface area contributed by atoms with Crippen molar-refractivity contribution in [1.82, 2.24) is 15.1 Å². The number of carbonyl (C=O) groups is 1. The van der Waals surface area contributed by atoms with Crippen molar-refractivity contribution in [3.63, 3.8) is 0 Å². The van der Waals surface area contributed by atoms with Crippen molar-refractivity contribution in [2.45, 2.75) is 12.7 Å². The minimum Gasteiger partial charge on any atom is -0.332 e. The molecule has 1 saturated heterocycles. The molecule has 138 valence electrons. The Morgan fingerprint density at radius 3 is 2.74 bits per heavy atom. The van der Waals surface area contributed by atoms with Crippen LogP contribution in [0.4, 0.5) is 5.69 Å². The second-order valence-corrected chi connectivity index (χ2v) is 6.91. The van der Waals surface area contributed by atoms with E-state index >= 15 is 0 Å². The number of carbonyl (C=O) groups excluding carboxylic acids is 1. The predicted molar refractivity (Wildman–Crippen MR) is 106 cm³/mol. The van der Waals surface area contributed by atoms with Gasteiger partial charge in [-0.05, 0) is 30.2 Å². The Balaban J connectivity index is 1.57. The third kappa shape index (κ3) is 3.41. The molecule has 2 heterocycles. The van der Waals surface area contributed by atoms with Crippen LogP contribution < -0.4 is 10.6 Å². The Bertz CT molecular complexity index is 898. The summed E-state index contributed by atoms with van der Waals surface area (Å²) in [5.41, 5.74) is 2.98. The average Bonchev–Trinajstić information content (AvgIpc) is 2.86. The van der Waals surface area contributed by atoms with E-state index in [0.717, 1.165) is 6.42 Å². The van der Waals surface area contributed by atoms with Crippen LogP contribution in [0, 0.1) is 5.41 Å². The highest BCUT2D eigenvalue weighted by Gasteiger charge is 2.45. The van der Waals surface area contributed by atoms with Gasteiger partial charge in [0.25, 0.3) is 5.91 Å². The number of amides is 1. The number of hydrogen-bond acceptors (Lipinski definition) is 5. The number of halogens is 1. The number of fused-ring (bicyclic) bond motifs is 1. The SMILES string of the molecule is N=CC1=C(C(=O)Nc2cccc(Cl)c2)N(CCc2ccccc2)C2NCN12. The van der Waals surface area contributed by atoms with E-state index in [9.17, 15) is 4.79 Å². The molecule has 4 rings (SSSR count). The van der Waals surface area contributed by atoms with Gasteiger partial charge in [0, 0.05) is 23.5 Å². The third-order valence-corrected chi connectivity index (χ3v) is 5.03. The average molecular weight is 382 g/mol. The van der Waals surface area contributed by atoms with Crippen LogP contribution >= 0.6 is 11.6 Å². The smallest absolute Gasteiger partial charge is 0.274 e. The Kier molecular flexibility index (Phi) is 4.83. The molecule has 0 saturated carbocycles. The van der Waals surface area contributed by atoms with Gasteiger partial charge in [-0.25, -0.2) is 0 Å². The molecule has 1 amide bonds. The zero-order chi connectivity index (χ0) is 18.8. The lowest BCUT2D eigenvalue weighted by Crippen LogP contribution is -2.64. The number of allylic oxidation sites excluding steroid dienone is 1. The molecule has 2 aliphatic heterocycles. The molecule has 1 atom stereocenters. The van der Waals surface area contributed by atoms with Crippen molar-refractivity contribution < 1.29 is 4.79 Å². The summed E-state index contributed by atoms with van der Waals surface area (Å²) in [5.74, 6) is -0.236. The second kappa shape index (κ2) is 7.42. The molecular weight excluding hydrogens is 362 g/mol. The maximum atomic E-state index is 13.0. The van der Waals surface area contributed by atoms with Gasteiger partial charge in [0.05, 0.1) is 12.4 Å². The number of rotatable bonds is 6. The molecule has 27 heavy (non-hydrogen) atoms. The van der Waals surface area contributed by atoms with Crippen molar-refractivity contribution in [2.75, 3.05) is 18.5 Å². The lowest BCUT2D eigenvalue weighted by molar-refractivity contribution is -0.115. The topological polar surface area (TPSA) is 71.5 Å². The summed E-state index contributed by atoms with van der Waals surface area (Å²) in [4.78, 5) is 17.1. The van der Waals surface area contributed by atoms with Gasteiger partial charge in [-0.15, -0.1) is 0 Å². The first kappa shape index (κ1) is 17.6. The van der Waals surface area contributed by atoms with E-state index in [2.05, 4.69) is 22.8 Å². The van der Waals surface area contributed by atoms with E-state index in [4.69, 9.17) is 17.0 Å². The highest BCUT2D eigenvalue weighted by Crippen LogP contribution is 2.32. The van der Waals surface area contributed by atoms with Crippen molar-refractivity contribution in [1.29, 1.82) is 5.41 Å². The summed E-state index contributed by atoms with van der Waals surface area (Å²) >= 11 is 6.02. The van der Waals surface area contributed by atoms with Crippen molar-refractivity contribution in [3.05, 3.63) is 76.6 Å². The molecular formula is C20H20ClN5O. The monoisotopic (exact) mass is 381 g/mol. The number of hydrogen-bond donors (Lipinski definition) is 3. The standard InChI is InChI=1S/C20H20ClN5O/c21-15-7-4-8-16(11-15)24-19(27)18-17(12-22)26-13-23-20(26)25(18)10-9-14-5-2-1-3-6-14/h1-8,11-12,20,22-23H,9-10,13H2,(H,24,27). The van der Waals surface area contributed by atoms with Crippen LogP contribution in [0.15, 0.2) is 66.0 Å². The van der Waals surface area contributed by atoms with Gasteiger partial charge in [-0.1, -0.05) is 48.0 Å². The third-order valence-electron chi connectivity index (χ3n) is 4.79. The van der Waals surface area contributed by atoms with E-state index in [1.807, 2.05) is 28.0 Å². The largest absolute Gasteiger partial charge is 0.332 e. The molecule has 0 aliphatic carbocycles. The molecule has 0 radical (unpaired) electrons. The predicted octanol–water partition coefficient (Wildman–Crippen LogP) is 2.84. The second-order valence-electron chi connectivity index (χ2n) is 6.48. The first-order chi connectivity index (χ1) is 13.2. The molecule has 6 nitrogen and oxygen atoms in total. The molecule has 3 N–H and O–H groups in total. The van der Waals surface area contributed by atoms with E-state index in [0.29, 0.717) is 35.3 Å². The highest BCUT2D eigenvalue weighted by atomic mass is 35.5. The Labute approximate surface area is 162 Å². The molecule has 0 bridgehead atoms.